The first-order valence-electron chi connectivity index (χ1n) is 10.2. The van der Waals surface area contributed by atoms with Crippen LogP contribution in [0.5, 0.6) is 5.75 Å². The summed E-state index contributed by atoms with van der Waals surface area (Å²) >= 11 is 12.5. The molecule has 0 aliphatic carbocycles. The molecule has 0 radical (unpaired) electrons. The quantitative estimate of drug-likeness (QED) is 0.345. The van der Waals surface area contributed by atoms with Crippen LogP contribution in [0.15, 0.2) is 72.8 Å². The van der Waals surface area contributed by atoms with Crippen molar-refractivity contribution >= 4 is 41.0 Å². The minimum Gasteiger partial charge on any atom is -0.497 e. The molecule has 0 spiro atoms. The van der Waals surface area contributed by atoms with E-state index in [1.54, 1.807) is 37.4 Å². The van der Waals surface area contributed by atoms with Crippen LogP contribution in [0.3, 0.4) is 0 Å². The molecule has 0 fully saturated rings. The number of halogens is 2. The minimum atomic E-state index is -0.353. The lowest BCUT2D eigenvalue weighted by molar-refractivity contribution is 0.0947. The van der Waals surface area contributed by atoms with Crippen molar-refractivity contribution in [3.63, 3.8) is 0 Å². The molecule has 1 aromatic heterocycles. The van der Waals surface area contributed by atoms with Gasteiger partial charge in [0.1, 0.15) is 5.75 Å². The zero-order valence-electron chi connectivity index (χ0n) is 17.8. The first-order valence-corrected chi connectivity index (χ1v) is 10.9. The number of carbonyl (C=O) groups excluding carboxylic acids is 1. The number of nitrogens with one attached hydrogen (secondary N) is 2. The number of hydrogen-bond acceptors (Lipinski definition) is 6. The van der Waals surface area contributed by atoms with Crippen LogP contribution >= 0.6 is 23.2 Å². The van der Waals surface area contributed by atoms with E-state index < -0.39 is 0 Å². The maximum absolute atomic E-state index is 13.2. The molecule has 7 nitrogen and oxygen atoms in total. The molecule has 2 N–H and O–H groups in total. The van der Waals surface area contributed by atoms with Crippen molar-refractivity contribution in [3.8, 4) is 5.75 Å². The molecule has 0 saturated carbocycles. The molecule has 9 heteroatoms. The Kier molecular flexibility index (Phi) is 7.12. The molecule has 33 heavy (non-hydrogen) atoms. The second kappa shape index (κ2) is 10.4. The molecule has 0 bridgehead atoms. The van der Waals surface area contributed by atoms with Gasteiger partial charge in [0.2, 0.25) is 11.9 Å². The van der Waals surface area contributed by atoms with E-state index in [1.165, 1.54) is 4.68 Å². The fourth-order valence-electron chi connectivity index (χ4n) is 3.15. The lowest BCUT2D eigenvalue weighted by Crippen LogP contribution is -2.17. The Morgan fingerprint density at radius 3 is 2.18 bits per heavy atom. The first-order chi connectivity index (χ1) is 16.0. The lowest BCUT2D eigenvalue weighted by Gasteiger charge is -2.09. The molecular weight excluding hydrogens is 461 g/mol. The van der Waals surface area contributed by atoms with E-state index in [0.717, 1.165) is 11.1 Å². The summed E-state index contributed by atoms with van der Waals surface area (Å²) in [6.07, 6.45) is 0. The van der Waals surface area contributed by atoms with Crippen molar-refractivity contribution < 1.29 is 9.53 Å². The topological polar surface area (TPSA) is 81.1 Å². The predicted octanol–water partition coefficient (Wildman–Crippen LogP) is 5.51. The molecule has 168 valence electrons. The number of anilines is 2. The summed E-state index contributed by atoms with van der Waals surface area (Å²) in [6, 6.07) is 21.8. The summed E-state index contributed by atoms with van der Waals surface area (Å²) in [4.78, 5) is 17.7. The normalized spacial score (nSPS) is 10.6. The molecular formula is C24H21Cl2N5O2. The van der Waals surface area contributed by atoms with Crippen LogP contribution < -0.4 is 15.4 Å². The van der Waals surface area contributed by atoms with Crippen molar-refractivity contribution in [1.82, 2.24) is 14.8 Å². The predicted molar refractivity (Wildman–Crippen MR) is 130 cm³/mol. The van der Waals surface area contributed by atoms with Gasteiger partial charge in [0.05, 0.1) is 7.11 Å². The van der Waals surface area contributed by atoms with Crippen molar-refractivity contribution in [3.05, 3.63) is 99.5 Å². The van der Waals surface area contributed by atoms with E-state index in [2.05, 4.69) is 20.7 Å². The number of methoxy groups -OCH3 is 1. The van der Waals surface area contributed by atoms with Crippen molar-refractivity contribution in [2.75, 3.05) is 17.7 Å². The van der Waals surface area contributed by atoms with Crippen LogP contribution in [0.4, 0.5) is 11.9 Å². The Bertz CT molecular complexity index is 1280. The van der Waals surface area contributed by atoms with E-state index in [-0.39, 0.29) is 17.8 Å². The largest absolute Gasteiger partial charge is 0.497 e. The number of rotatable bonds is 8. The van der Waals surface area contributed by atoms with Gasteiger partial charge in [-0.3, -0.25) is 4.79 Å². The molecule has 0 amide bonds. The summed E-state index contributed by atoms with van der Waals surface area (Å²) < 4.78 is 6.46. The van der Waals surface area contributed by atoms with Crippen molar-refractivity contribution in [2.45, 2.75) is 13.1 Å². The lowest BCUT2D eigenvalue weighted by atomic mass is 10.2. The summed E-state index contributed by atoms with van der Waals surface area (Å²) in [5.74, 6) is 0.787. The van der Waals surface area contributed by atoms with Crippen LogP contribution in [0, 0.1) is 0 Å². The number of ether oxygens (including phenoxy) is 1. The molecule has 0 saturated heterocycles. The highest BCUT2D eigenvalue weighted by molar-refractivity contribution is 6.31. The van der Waals surface area contributed by atoms with Gasteiger partial charge in [-0.15, -0.1) is 5.10 Å². The summed E-state index contributed by atoms with van der Waals surface area (Å²) in [7, 11) is 1.55. The number of carbonyl (C=O) groups is 1. The standard InChI is InChI=1S/C24H21Cl2N5O2/c1-33-19-10-6-9-16(13-19)22(32)31-24(28-15-18-8-3-5-12-21(18)26)29-23(30-31)27-14-17-7-2-4-11-20(17)25/h2-13H,14-15H2,1H3,(H2,27,28,29,30). The van der Waals surface area contributed by atoms with Gasteiger partial charge in [-0.1, -0.05) is 65.7 Å². The number of hydrogen-bond donors (Lipinski definition) is 2. The summed E-state index contributed by atoms with van der Waals surface area (Å²) in [5.41, 5.74) is 2.17. The Labute approximate surface area is 201 Å². The zero-order valence-corrected chi connectivity index (χ0v) is 19.3. The second-order valence-electron chi connectivity index (χ2n) is 7.10. The zero-order chi connectivity index (χ0) is 23.2. The molecule has 4 rings (SSSR count). The van der Waals surface area contributed by atoms with Crippen LogP contribution in [0.2, 0.25) is 10.0 Å². The summed E-state index contributed by atoms with van der Waals surface area (Å²) in [5, 5.41) is 11.9. The molecule has 4 aromatic rings. The fraction of sp³-hybridized carbons (Fsp3) is 0.125. The van der Waals surface area contributed by atoms with Gasteiger partial charge < -0.3 is 15.4 Å². The highest BCUT2D eigenvalue weighted by atomic mass is 35.5. The smallest absolute Gasteiger partial charge is 0.281 e. The van der Waals surface area contributed by atoms with E-state index in [4.69, 9.17) is 27.9 Å². The maximum atomic E-state index is 13.2. The number of aromatic nitrogens is 3. The third kappa shape index (κ3) is 5.45. The molecule has 0 unspecified atom stereocenters. The van der Waals surface area contributed by atoms with Gasteiger partial charge >= 0.3 is 0 Å². The van der Waals surface area contributed by atoms with Crippen molar-refractivity contribution in [1.29, 1.82) is 0 Å². The minimum absolute atomic E-state index is 0.282. The molecule has 0 atom stereocenters. The highest BCUT2D eigenvalue weighted by Gasteiger charge is 2.19. The second-order valence-corrected chi connectivity index (χ2v) is 7.91. The first kappa shape index (κ1) is 22.6. The van der Waals surface area contributed by atoms with E-state index >= 15 is 0 Å². The number of benzene rings is 3. The molecule has 0 aliphatic heterocycles. The van der Waals surface area contributed by atoms with Gasteiger partial charge in [-0.25, -0.2) is 0 Å². The molecule has 1 heterocycles. The van der Waals surface area contributed by atoms with Gasteiger partial charge in [0.25, 0.3) is 5.91 Å². The SMILES string of the molecule is COc1cccc(C(=O)n2nc(NCc3ccccc3Cl)nc2NCc2ccccc2Cl)c1. The fourth-order valence-corrected chi connectivity index (χ4v) is 3.56. The number of nitrogens with zero attached hydrogens (tertiary/aromatic N) is 3. The van der Waals surface area contributed by atoms with Gasteiger partial charge in [-0.05, 0) is 41.5 Å². The van der Waals surface area contributed by atoms with E-state index in [9.17, 15) is 4.79 Å². The van der Waals surface area contributed by atoms with Crippen LogP contribution in [0.25, 0.3) is 0 Å². The van der Waals surface area contributed by atoms with Crippen LogP contribution in [-0.2, 0) is 13.1 Å². The third-order valence-corrected chi connectivity index (χ3v) is 5.64. The molecule has 3 aromatic carbocycles. The average molecular weight is 482 g/mol. The van der Waals surface area contributed by atoms with Crippen LogP contribution in [0.1, 0.15) is 21.5 Å². The van der Waals surface area contributed by atoms with Gasteiger partial charge in [0.15, 0.2) is 0 Å². The maximum Gasteiger partial charge on any atom is 0.281 e. The Morgan fingerprint density at radius 2 is 1.55 bits per heavy atom. The van der Waals surface area contributed by atoms with Crippen LogP contribution in [-0.4, -0.2) is 27.8 Å². The Balaban J connectivity index is 1.61. The van der Waals surface area contributed by atoms with Gasteiger partial charge in [0, 0.05) is 28.7 Å². The summed E-state index contributed by atoms with van der Waals surface area (Å²) in [6.45, 7) is 0.773. The van der Waals surface area contributed by atoms with E-state index in [0.29, 0.717) is 34.4 Å². The highest BCUT2D eigenvalue weighted by Crippen LogP contribution is 2.21. The van der Waals surface area contributed by atoms with Gasteiger partial charge in [-0.2, -0.15) is 9.67 Å². The third-order valence-electron chi connectivity index (χ3n) is 4.91. The monoisotopic (exact) mass is 481 g/mol. The van der Waals surface area contributed by atoms with Crippen molar-refractivity contribution in [2.24, 2.45) is 0 Å². The average Bonchev–Trinajstić information content (AvgIpc) is 3.25. The Hall–Kier alpha value is -3.55. The van der Waals surface area contributed by atoms with E-state index in [1.807, 2.05) is 42.5 Å². The Morgan fingerprint density at radius 1 is 0.909 bits per heavy atom. The molecule has 0 aliphatic rings.